The minimum absolute atomic E-state index is 0.0195. The van der Waals surface area contributed by atoms with Crippen LogP contribution < -0.4 is 10.3 Å². The highest BCUT2D eigenvalue weighted by atomic mass is 19.1. The van der Waals surface area contributed by atoms with Crippen molar-refractivity contribution in [2.75, 3.05) is 4.90 Å². The molecule has 0 bridgehead atoms. The number of imidazole rings is 1. The Hall–Kier alpha value is -2.70. The van der Waals surface area contributed by atoms with Gasteiger partial charge in [-0.15, -0.1) is 0 Å². The van der Waals surface area contributed by atoms with Crippen molar-refractivity contribution in [3.63, 3.8) is 0 Å². The summed E-state index contributed by atoms with van der Waals surface area (Å²) >= 11 is 0. The lowest BCUT2D eigenvalue weighted by atomic mass is 9.80. The van der Waals surface area contributed by atoms with Gasteiger partial charge in [-0.1, -0.05) is 12.8 Å². The zero-order chi connectivity index (χ0) is 17.0. The van der Waals surface area contributed by atoms with Gasteiger partial charge in [-0.05, 0) is 37.1 Å². The second-order valence-corrected chi connectivity index (χ2v) is 6.89. The molecule has 3 heterocycles. The second kappa shape index (κ2) is 5.40. The van der Waals surface area contributed by atoms with Crippen molar-refractivity contribution >= 4 is 17.4 Å². The number of aromatic nitrogens is 2. The van der Waals surface area contributed by atoms with E-state index in [9.17, 15) is 9.18 Å². The molecule has 0 spiro atoms. The summed E-state index contributed by atoms with van der Waals surface area (Å²) in [7, 11) is 0. The summed E-state index contributed by atoms with van der Waals surface area (Å²) in [6.45, 7) is 0. The smallest absolute Gasteiger partial charge is 0.230 e. The summed E-state index contributed by atoms with van der Waals surface area (Å²) < 4.78 is 15.3. The number of halogens is 1. The van der Waals surface area contributed by atoms with Crippen LogP contribution in [0.25, 0.3) is 0 Å². The van der Waals surface area contributed by atoms with Crippen LogP contribution in [0.2, 0.25) is 0 Å². The lowest BCUT2D eigenvalue weighted by Crippen LogP contribution is -2.54. The van der Waals surface area contributed by atoms with Gasteiger partial charge in [-0.3, -0.25) is 15.1 Å². The normalized spacial score (nSPS) is 27.0. The van der Waals surface area contributed by atoms with Gasteiger partial charge in [-0.25, -0.2) is 9.37 Å². The average Bonchev–Trinajstić information content (AvgIpc) is 3.29. The van der Waals surface area contributed by atoms with E-state index in [1.54, 1.807) is 6.20 Å². The standard InChI is InChI=1S/C18H18FN5O/c19-12-7-5-11(6-8-12)16(25)18-22-21-17-13-3-1-2-4-14(13)23-10-20-9-15(23)24(17)18/h5-10,13-14,17,21H,1-4H2. The molecular weight excluding hydrogens is 321 g/mol. The van der Waals surface area contributed by atoms with Crippen LogP contribution in [0.3, 0.4) is 0 Å². The Kier molecular flexibility index (Phi) is 3.16. The van der Waals surface area contributed by atoms with E-state index in [2.05, 4.69) is 20.1 Å². The molecule has 1 N–H and O–H groups in total. The number of nitrogens with one attached hydrogen (secondary N) is 1. The molecule has 3 atom stereocenters. The highest BCUT2D eigenvalue weighted by molar-refractivity contribution is 6.49. The SMILES string of the molecule is O=C(C1=NNC2C3CCCCC3n3cncc3N12)c1ccc(F)cc1. The molecule has 0 amide bonds. The van der Waals surface area contributed by atoms with Gasteiger partial charge in [0.25, 0.3) is 0 Å². The van der Waals surface area contributed by atoms with Gasteiger partial charge < -0.3 is 4.57 Å². The molecular formula is C18H18FN5O. The number of carbonyl (C=O) groups is 1. The Morgan fingerprint density at radius 1 is 1.20 bits per heavy atom. The first-order valence-corrected chi connectivity index (χ1v) is 8.68. The van der Waals surface area contributed by atoms with Crippen LogP contribution in [0.4, 0.5) is 10.2 Å². The van der Waals surface area contributed by atoms with E-state index in [1.807, 2.05) is 11.2 Å². The van der Waals surface area contributed by atoms with Crippen molar-refractivity contribution in [3.8, 4) is 0 Å². The zero-order valence-corrected chi connectivity index (χ0v) is 13.6. The predicted molar refractivity (Wildman–Crippen MR) is 90.8 cm³/mol. The van der Waals surface area contributed by atoms with E-state index in [0.717, 1.165) is 18.7 Å². The molecule has 0 radical (unpaired) electrons. The maximum Gasteiger partial charge on any atom is 0.230 e. The van der Waals surface area contributed by atoms with Crippen LogP contribution in [0, 0.1) is 11.7 Å². The maximum atomic E-state index is 13.2. The van der Waals surface area contributed by atoms with E-state index in [4.69, 9.17) is 0 Å². The van der Waals surface area contributed by atoms with Crippen molar-refractivity contribution in [1.82, 2.24) is 15.0 Å². The topological polar surface area (TPSA) is 62.5 Å². The van der Waals surface area contributed by atoms with Crippen LogP contribution in [-0.4, -0.2) is 27.3 Å². The first kappa shape index (κ1) is 14.6. The van der Waals surface area contributed by atoms with E-state index in [1.165, 1.54) is 37.1 Å². The van der Waals surface area contributed by atoms with Crippen LogP contribution in [0.15, 0.2) is 41.9 Å². The average molecular weight is 339 g/mol. The molecule has 2 aliphatic heterocycles. The number of amidine groups is 1. The fourth-order valence-electron chi connectivity index (χ4n) is 4.39. The van der Waals surface area contributed by atoms with Gasteiger partial charge in [0.1, 0.15) is 17.8 Å². The van der Waals surface area contributed by atoms with Crippen molar-refractivity contribution in [1.29, 1.82) is 0 Å². The maximum absolute atomic E-state index is 13.2. The van der Waals surface area contributed by atoms with E-state index in [0.29, 0.717) is 23.4 Å². The number of benzene rings is 1. The Morgan fingerprint density at radius 3 is 2.84 bits per heavy atom. The number of nitrogens with zero attached hydrogens (tertiary/aromatic N) is 4. The number of fused-ring (bicyclic) bond motifs is 6. The summed E-state index contributed by atoms with van der Waals surface area (Å²) in [4.78, 5) is 19.2. The molecule has 128 valence electrons. The number of rotatable bonds is 2. The summed E-state index contributed by atoms with van der Waals surface area (Å²) in [6, 6.07) is 5.99. The molecule has 1 saturated carbocycles. The Morgan fingerprint density at radius 2 is 2.00 bits per heavy atom. The van der Waals surface area contributed by atoms with Gasteiger partial charge in [-0.2, -0.15) is 5.10 Å². The van der Waals surface area contributed by atoms with Gasteiger partial charge in [0.15, 0.2) is 0 Å². The monoisotopic (exact) mass is 339 g/mol. The zero-order valence-electron chi connectivity index (χ0n) is 13.6. The first-order valence-electron chi connectivity index (χ1n) is 8.68. The van der Waals surface area contributed by atoms with Gasteiger partial charge in [0.2, 0.25) is 11.6 Å². The molecule has 2 aromatic rings. The molecule has 1 aromatic carbocycles. The largest absolute Gasteiger partial charge is 0.314 e. The molecule has 5 rings (SSSR count). The highest BCUT2D eigenvalue weighted by Gasteiger charge is 2.47. The van der Waals surface area contributed by atoms with Crippen LogP contribution >= 0.6 is 0 Å². The Bertz CT molecular complexity index is 859. The van der Waals surface area contributed by atoms with Crippen LogP contribution in [0.5, 0.6) is 0 Å². The van der Waals surface area contributed by atoms with Crippen LogP contribution in [-0.2, 0) is 0 Å². The minimum Gasteiger partial charge on any atom is -0.314 e. The number of anilines is 1. The molecule has 1 fully saturated rings. The predicted octanol–water partition coefficient (Wildman–Crippen LogP) is 2.70. The molecule has 6 nitrogen and oxygen atoms in total. The molecule has 3 unspecified atom stereocenters. The third-order valence-corrected chi connectivity index (χ3v) is 5.56. The molecule has 0 saturated heterocycles. The third kappa shape index (κ3) is 2.11. The fraction of sp³-hybridized carbons (Fsp3) is 0.389. The number of ketones is 1. The van der Waals surface area contributed by atoms with Crippen LogP contribution in [0.1, 0.15) is 42.1 Å². The molecule has 7 heteroatoms. The number of carbonyl (C=O) groups excluding carboxylic acids is 1. The second-order valence-electron chi connectivity index (χ2n) is 6.89. The Balaban J connectivity index is 1.54. The number of hydrogen-bond acceptors (Lipinski definition) is 5. The lowest BCUT2D eigenvalue weighted by molar-refractivity contribution is 0.106. The number of hydrogen-bond donors (Lipinski definition) is 1. The van der Waals surface area contributed by atoms with E-state index in [-0.39, 0.29) is 17.8 Å². The molecule has 3 aliphatic rings. The van der Waals surface area contributed by atoms with E-state index < -0.39 is 0 Å². The first-order chi connectivity index (χ1) is 12.2. The summed E-state index contributed by atoms with van der Waals surface area (Å²) in [5, 5.41) is 4.36. The van der Waals surface area contributed by atoms with Crippen molar-refractivity contribution in [2.45, 2.75) is 37.9 Å². The fourth-order valence-corrected chi connectivity index (χ4v) is 4.39. The van der Waals surface area contributed by atoms with Crippen molar-refractivity contribution in [2.24, 2.45) is 11.0 Å². The number of hydrazone groups is 1. The minimum atomic E-state index is -0.359. The summed E-state index contributed by atoms with van der Waals surface area (Å²) in [5.74, 6) is 1.06. The molecule has 1 aliphatic carbocycles. The summed E-state index contributed by atoms with van der Waals surface area (Å²) in [6.07, 6.45) is 8.26. The van der Waals surface area contributed by atoms with E-state index >= 15 is 0 Å². The molecule has 1 aromatic heterocycles. The quantitative estimate of drug-likeness (QED) is 0.855. The molecule has 25 heavy (non-hydrogen) atoms. The number of Topliss-reactive ketones (excluding diaryl/α,β-unsaturated/α-hetero) is 1. The van der Waals surface area contributed by atoms with Gasteiger partial charge >= 0.3 is 0 Å². The van der Waals surface area contributed by atoms with Crippen molar-refractivity contribution in [3.05, 3.63) is 48.2 Å². The van der Waals surface area contributed by atoms with Gasteiger partial charge in [0, 0.05) is 17.5 Å². The Labute approximate surface area is 144 Å². The highest BCUT2D eigenvalue weighted by Crippen LogP contribution is 2.45. The van der Waals surface area contributed by atoms with Crippen molar-refractivity contribution < 1.29 is 9.18 Å². The summed E-state index contributed by atoms with van der Waals surface area (Å²) in [5.41, 5.74) is 3.61. The van der Waals surface area contributed by atoms with Gasteiger partial charge in [0.05, 0.1) is 12.5 Å². The lowest BCUT2D eigenvalue weighted by Gasteiger charge is -2.45. The third-order valence-electron chi connectivity index (χ3n) is 5.56.